The van der Waals surface area contributed by atoms with E-state index in [0.717, 1.165) is 43.4 Å². The van der Waals surface area contributed by atoms with Gasteiger partial charge in [-0.3, -0.25) is 19.3 Å². The summed E-state index contributed by atoms with van der Waals surface area (Å²) in [6, 6.07) is 4.47. The number of rotatable bonds is 4. The number of anilines is 1. The summed E-state index contributed by atoms with van der Waals surface area (Å²) in [4.78, 5) is 56.9. The minimum Gasteiger partial charge on any atom is -0.333 e. The predicted octanol–water partition coefficient (Wildman–Crippen LogP) is 4.28. The monoisotopic (exact) mass is 488 g/mol. The molecule has 1 N–H and O–H groups in total. The molecule has 1 aromatic rings. The first-order valence-corrected chi connectivity index (χ1v) is 12.6. The predicted molar refractivity (Wildman–Crippen MR) is 130 cm³/mol. The van der Waals surface area contributed by atoms with Gasteiger partial charge in [-0.1, -0.05) is 30.9 Å². The normalized spacial score (nSPS) is 24.6. The van der Waals surface area contributed by atoms with Crippen LogP contribution in [0.1, 0.15) is 75.6 Å². The summed E-state index contributed by atoms with van der Waals surface area (Å²) < 4.78 is 0. The van der Waals surface area contributed by atoms with Crippen molar-refractivity contribution in [2.45, 2.75) is 82.8 Å². The van der Waals surface area contributed by atoms with Crippen molar-refractivity contribution >= 4 is 41.0 Å². The van der Waals surface area contributed by atoms with Crippen molar-refractivity contribution in [3.63, 3.8) is 0 Å². The molecule has 2 aliphatic heterocycles. The highest BCUT2D eigenvalue weighted by Crippen LogP contribution is 2.39. The first-order valence-electron chi connectivity index (χ1n) is 12.2. The first-order chi connectivity index (χ1) is 16.2. The van der Waals surface area contributed by atoms with E-state index < -0.39 is 24.0 Å². The fourth-order valence-corrected chi connectivity index (χ4v) is 5.94. The van der Waals surface area contributed by atoms with Gasteiger partial charge < -0.3 is 15.1 Å². The van der Waals surface area contributed by atoms with Gasteiger partial charge in [0.25, 0.3) is 11.8 Å². The lowest BCUT2D eigenvalue weighted by molar-refractivity contribution is -0.136. The molecule has 3 aliphatic rings. The highest BCUT2D eigenvalue weighted by Gasteiger charge is 2.55. The average molecular weight is 489 g/mol. The molecule has 3 fully saturated rings. The molecule has 1 aromatic carbocycles. The van der Waals surface area contributed by atoms with Crippen molar-refractivity contribution in [1.29, 1.82) is 0 Å². The maximum Gasteiger partial charge on any atom is 0.327 e. The van der Waals surface area contributed by atoms with Crippen LogP contribution in [0.4, 0.5) is 10.5 Å². The highest BCUT2D eigenvalue weighted by atomic mass is 35.5. The van der Waals surface area contributed by atoms with Crippen molar-refractivity contribution in [2.24, 2.45) is 0 Å². The molecule has 4 rings (SSSR count). The lowest BCUT2D eigenvalue weighted by Gasteiger charge is -2.39. The number of likely N-dealkylation sites (N-methyl/N-ethyl adjacent to an activating group) is 1. The minimum absolute atomic E-state index is 0.0841. The molecule has 5 amide bonds. The van der Waals surface area contributed by atoms with Gasteiger partial charge in [0.05, 0.1) is 11.3 Å². The van der Waals surface area contributed by atoms with Gasteiger partial charge in [-0.25, -0.2) is 4.79 Å². The zero-order chi connectivity index (χ0) is 24.6. The highest BCUT2D eigenvalue weighted by molar-refractivity contribution is 6.31. The molecule has 184 valence electrons. The zero-order valence-electron chi connectivity index (χ0n) is 20.1. The summed E-state index contributed by atoms with van der Waals surface area (Å²) in [5.41, 5.74) is -0.206. The van der Waals surface area contributed by atoms with Crippen LogP contribution in [0.3, 0.4) is 0 Å². The second-order valence-corrected chi connectivity index (χ2v) is 10.3. The number of amides is 5. The molecule has 8 nitrogen and oxygen atoms in total. The number of carbonyl (C=O) groups excluding carboxylic acids is 4. The Morgan fingerprint density at radius 2 is 1.71 bits per heavy atom. The standard InChI is InChI=1S/C25H33ClN4O4/c1-16-8-7-9-17(2)30(16)22(32)19-14-18(26)10-11-20(19)27-21(31)15-29-23(33)25(28(3)24(29)34)12-5-4-6-13-25/h10-11,14,16-17H,4-9,12-13,15H2,1-3H3,(H,27,31)/t16-,17-/m0/s1. The fourth-order valence-electron chi connectivity index (χ4n) is 5.77. The topological polar surface area (TPSA) is 90.0 Å². The molecule has 2 heterocycles. The summed E-state index contributed by atoms with van der Waals surface area (Å²) in [6.07, 6.45) is 6.96. The summed E-state index contributed by atoms with van der Waals surface area (Å²) in [7, 11) is 1.64. The molecule has 0 bridgehead atoms. The van der Waals surface area contributed by atoms with Crippen molar-refractivity contribution in [1.82, 2.24) is 14.7 Å². The number of piperidine rings is 1. The van der Waals surface area contributed by atoms with Gasteiger partial charge in [0.1, 0.15) is 12.1 Å². The summed E-state index contributed by atoms with van der Waals surface area (Å²) in [5, 5.41) is 3.14. The molecule has 2 atom stereocenters. The van der Waals surface area contributed by atoms with Crippen LogP contribution in [0, 0.1) is 0 Å². The lowest BCUT2D eigenvalue weighted by atomic mass is 9.81. The Morgan fingerprint density at radius 3 is 2.35 bits per heavy atom. The van der Waals surface area contributed by atoms with Crippen LogP contribution in [0.2, 0.25) is 5.02 Å². The molecular formula is C25H33ClN4O4. The second-order valence-electron chi connectivity index (χ2n) is 9.90. The van der Waals surface area contributed by atoms with Crippen LogP contribution in [-0.2, 0) is 9.59 Å². The number of likely N-dealkylation sites (tertiary alicyclic amines) is 1. The number of carbonyl (C=O) groups is 4. The van der Waals surface area contributed by atoms with Gasteiger partial charge >= 0.3 is 6.03 Å². The molecule has 2 saturated heterocycles. The third-order valence-corrected chi connectivity index (χ3v) is 7.93. The molecule has 1 aliphatic carbocycles. The molecule has 0 unspecified atom stereocenters. The van der Waals surface area contributed by atoms with Crippen molar-refractivity contribution in [2.75, 3.05) is 18.9 Å². The van der Waals surface area contributed by atoms with Crippen LogP contribution in [-0.4, -0.2) is 69.7 Å². The quantitative estimate of drug-likeness (QED) is 0.640. The van der Waals surface area contributed by atoms with Gasteiger partial charge in [0.2, 0.25) is 5.91 Å². The van der Waals surface area contributed by atoms with Crippen molar-refractivity contribution < 1.29 is 19.2 Å². The number of imide groups is 1. The van der Waals surface area contributed by atoms with Gasteiger partial charge in [0, 0.05) is 24.2 Å². The molecule has 1 saturated carbocycles. The van der Waals surface area contributed by atoms with E-state index in [1.807, 2.05) is 18.7 Å². The maximum absolute atomic E-state index is 13.5. The van der Waals surface area contributed by atoms with E-state index in [1.54, 1.807) is 25.2 Å². The number of hydrogen-bond acceptors (Lipinski definition) is 4. The van der Waals surface area contributed by atoms with E-state index in [0.29, 0.717) is 29.1 Å². The summed E-state index contributed by atoms with van der Waals surface area (Å²) in [5.74, 6) is -1.02. The van der Waals surface area contributed by atoms with Crippen LogP contribution in [0.25, 0.3) is 0 Å². The zero-order valence-corrected chi connectivity index (χ0v) is 20.9. The smallest absolute Gasteiger partial charge is 0.327 e. The SMILES string of the molecule is C[C@H]1CCC[C@H](C)N1C(=O)c1cc(Cl)ccc1NC(=O)CN1C(=O)N(C)C2(CCCCC2)C1=O. The Hall–Kier alpha value is -2.61. The van der Waals surface area contributed by atoms with E-state index in [2.05, 4.69) is 5.32 Å². The molecule has 0 radical (unpaired) electrons. The van der Waals surface area contributed by atoms with E-state index in [1.165, 1.54) is 4.90 Å². The number of halogens is 1. The molecule has 1 spiro atoms. The number of benzene rings is 1. The van der Waals surface area contributed by atoms with Crippen LogP contribution in [0.5, 0.6) is 0 Å². The minimum atomic E-state index is -0.836. The third kappa shape index (κ3) is 4.28. The van der Waals surface area contributed by atoms with Gasteiger partial charge in [-0.15, -0.1) is 0 Å². The average Bonchev–Trinajstić information content (AvgIpc) is 2.97. The Labute approximate surface area is 205 Å². The van der Waals surface area contributed by atoms with E-state index in [4.69, 9.17) is 11.6 Å². The Kier molecular flexibility index (Phi) is 6.90. The molecule has 0 aromatic heterocycles. The maximum atomic E-state index is 13.5. The number of nitrogens with one attached hydrogen (secondary N) is 1. The number of nitrogens with zero attached hydrogens (tertiary/aromatic N) is 3. The van der Waals surface area contributed by atoms with Crippen LogP contribution in [0.15, 0.2) is 18.2 Å². The Morgan fingerprint density at radius 1 is 1.06 bits per heavy atom. The van der Waals surface area contributed by atoms with Gasteiger partial charge in [-0.05, 0) is 64.2 Å². The third-order valence-electron chi connectivity index (χ3n) is 7.70. The van der Waals surface area contributed by atoms with Crippen molar-refractivity contribution in [3.05, 3.63) is 28.8 Å². The van der Waals surface area contributed by atoms with Crippen LogP contribution < -0.4 is 5.32 Å². The molecular weight excluding hydrogens is 456 g/mol. The van der Waals surface area contributed by atoms with E-state index in [-0.39, 0.29) is 23.9 Å². The Balaban J connectivity index is 1.52. The summed E-state index contributed by atoms with van der Waals surface area (Å²) >= 11 is 6.20. The van der Waals surface area contributed by atoms with E-state index >= 15 is 0 Å². The van der Waals surface area contributed by atoms with E-state index in [9.17, 15) is 19.2 Å². The molecule has 34 heavy (non-hydrogen) atoms. The lowest BCUT2D eigenvalue weighted by Crippen LogP contribution is -2.49. The summed E-state index contributed by atoms with van der Waals surface area (Å²) in [6.45, 7) is 3.66. The van der Waals surface area contributed by atoms with Gasteiger partial charge in [0.15, 0.2) is 0 Å². The largest absolute Gasteiger partial charge is 0.333 e. The number of urea groups is 1. The van der Waals surface area contributed by atoms with Crippen LogP contribution >= 0.6 is 11.6 Å². The van der Waals surface area contributed by atoms with Crippen molar-refractivity contribution in [3.8, 4) is 0 Å². The fraction of sp³-hybridized carbons (Fsp3) is 0.600. The molecule has 9 heteroatoms. The first kappa shape index (κ1) is 24.5. The Bertz CT molecular complexity index is 997. The van der Waals surface area contributed by atoms with Gasteiger partial charge in [-0.2, -0.15) is 0 Å². The second kappa shape index (κ2) is 9.56. The number of hydrogen-bond donors (Lipinski definition) is 1.